The van der Waals surface area contributed by atoms with Crippen molar-refractivity contribution in [2.75, 3.05) is 20.4 Å². The summed E-state index contributed by atoms with van der Waals surface area (Å²) < 4.78 is 22.0. The third kappa shape index (κ3) is 19.9. The van der Waals surface area contributed by atoms with Gasteiger partial charge in [0.05, 0.1) is 6.61 Å². The molecule has 0 rings (SSSR count). The maximum absolute atomic E-state index is 11.8. The van der Waals surface area contributed by atoms with Crippen LogP contribution in [0.3, 0.4) is 0 Å². The Hall–Kier alpha value is -1.41. The van der Waals surface area contributed by atoms with E-state index < -0.39 is 7.60 Å². The summed E-state index contributed by atoms with van der Waals surface area (Å²) in [5.41, 5.74) is 0. The minimum Gasteiger partial charge on any atom is -0.312 e. The smallest absolute Gasteiger partial charge is 0.312 e. The van der Waals surface area contributed by atoms with Crippen molar-refractivity contribution in [1.82, 2.24) is 0 Å². The molecule has 0 N–H and O–H groups in total. The first-order valence-electron chi connectivity index (χ1n) is 11.2. The first-order chi connectivity index (χ1) is 14.6. The van der Waals surface area contributed by atoms with Crippen LogP contribution in [0.25, 0.3) is 0 Å². The summed E-state index contributed by atoms with van der Waals surface area (Å²) in [6.45, 7) is 6.27. The summed E-state index contributed by atoms with van der Waals surface area (Å²) in [5.74, 6) is 0.373. The molecule has 2 atom stereocenters. The van der Waals surface area contributed by atoms with Crippen molar-refractivity contribution in [2.24, 2.45) is 5.92 Å². The zero-order valence-corrected chi connectivity index (χ0v) is 20.4. The molecule has 0 fully saturated rings. The lowest BCUT2D eigenvalue weighted by Crippen LogP contribution is -2.07. The number of hydrogen-bond acceptors (Lipinski definition) is 3. The molecule has 0 bridgehead atoms. The Morgan fingerprint density at radius 1 is 0.700 bits per heavy atom. The van der Waals surface area contributed by atoms with Gasteiger partial charge in [-0.05, 0) is 50.9 Å². The van der Waals surface area contributed by atoms with Gasteiger partial charge < -0.3 is 9.05 Å². The van der Waals surface area contributed by atoms with Crippen molar-refractivity contribution in [3.8, 4) is 0 Å². The third-order valence-electron chi connectivity index (χ3n) is 4.52. The van der Waals surface area contributed by atoms with E-state index in [4.69, 9.17) is 9.05 Å². The molecular formula is C26H43O3P. The third-order valence-corrected chi connectivity index (χ3v) is 5.80. The second-order valence-electron chi connectivity index (χ2n) is 7.17. The lowest BCUT2D eigenvalue weighted by atomic mass is 10.0. The van der Waals surface area contributed by atoms with Crippen LogP contribution in [0.5, 0.6) is 0 Å². The molecule has 4 heteroatoms. The highest BCUT2D eigenvalue weighted by molar-refractivity contribution is 7.52. The van der Waals surface area contributed by atoms with Crippen LogP contribution in [-0.4, -0.2) is 20.4 Å². The first-order valence-corrected chi connectivity index (χ1v) is 13.2. The number of hydrogen-bond donors (Lipinski definition) is 0. The molecule has 30 heavy (non-hydrogen) atoms. The van der Waals surface area contributed by atoms with E-state index in [0.29, 0.717) is 12.5 Å². The van der Waals surface area contributed by atoms with E-state index in [1.807, 2.05) is 0 Å². The van der Waals surface area contributed by atoms with E-state index in [-0.39, 0.29) is 0 Å². The van der Waals surface area contributed by atoms with Gasteiger partial charge in [0.25, 0.3) is 0 Å². The maximum atomic E-state index is 11.8. The predicted molar refractivity (Wildman–Crippen MR) is 133 cm³/mol. The average Bonchev–Trinajstić information content (AvgIpc) is 2.75. The van der Waals surface area contributed by atoms with Gasteiger partial charge in [-0.15, -0.1) is 0 Å². The van der Waals surface area contributed by atoms with Crippen LogP contribution in [0, 0.1) is 5.92 Å². The lowest BCUT2D eigenvalue weighted by molar-refractivity contribution is 0.200. The van der Waals surface area contributed by atoms with Gasteiger partial charge in [-0.2, -0.15) is 0 Å². The normalized spacial score (nSPS) is 16.3. The molecule has 2 unspecified atom stereocenters. The Balaban J connectivity index is 3.78. The SMILES string of the molecule is CC/C=C\C/C=C\C/C=C\C/C=C\C/C=C\C/C=C\CC(CC)COP(C)(=O)OC. The monoisotopic (exact) mass is 434 g/mol. The van der Waals surface area contributed by atoms with Gasteiger partial charge in [0.2, 0.25) is 0 Å². The Bertz CT molecular complexity index is 612. The molecule has 0 amide bonds. The number of rotatable bonds is 18. The van der Waals surface area contributed by atoms with Crippen LogP contribution in [0.2, 0.25) is 0 Å². The molecule has 0 heterocycles. The fraction of sp³-hybridized carbons (Fsp3) is 0.538. The molecule has 0 saturated heterocycles. The fourth-order valence-corrected chi connectivity index (χ4v) is 3.04. The van der Waals surface area contributed by atoms with Gasteiger partial charge in [0, 0.05) is 13.8 Å². The highest BCUT2D eigenvalue weighted by Crippen LogP contribution is 2.43. The van der Waals surface area contributed by atoms with Gasteiger partial charge in [-0.3, -0.25) is 4.57 Å². The fourth-order valence-electron chi connectivity index (χ4n) is 2.46. The van der Waals surface area contributed by atoms with Crippen LogP contribution >= 0.6 is 7.60 Å². The van der Waals surface area contributed by atoms with Crippen LogP contribution in [0.1, 0.15) is 65.2 Å². The minimum absolute atomic E-state index is 0.373. The zero-order valence-electron chi connectivity index (χ0n) is 19.5. The van der Waals surface area contributed by atoms with Crippen molar-refractivity contribution >= 4 is 7.60 Å². The van der Waals surface area contributed by atoms with Crippen LogP contribution < -0.4 is 0 Å². The molecule has 0 aliphatic rings. The topological polar surface area (TPSA) is 35.5 Å². The lowest BCUT2D eigenvalue weighted by Gasteiger charge is -2.16. The predicted octanol–water partition coefficient (Wildman–Crippen LogP) is 8.59. The second-order valence-corrected chi connectivity index (χ2v) is 9.34. The summed E-state index contributed by atoms with van der Waals surface area (Å²) in [4.78, 5) is 0. The van der Waals surface area contributed by atoms with Crippen molar-refractivity contribution in [2.45, 2.75) is 65.2 Å². The van der Waals surface area contributed by atoms with Crippen molar-refractivity contribution in [3.05, 3.63) is 72.9 Å². The molecule has 0 aromatic carbocycles. The molecular weight excluding hydrogens is 391 g/mol. The Kier molecular flexibility index (Phi) is 19.9. The maximum Gasteiger partial charge on any atom is 0.327 e. The quantitative estimate of drug-likeness (QED) is 0.160. The van der Waals surface area contributed by atoms with Gasteiger partial charge >= 0.3 is 7.60 Å². The summed E-state index contributed by atoms with van der Waals surface area (Å²) in [5, 5.41) is 0. The standard InChI is InChI=1S/C26H43O3P/c1-5-7-8-9-10-11-12-13-14-15-16-17-18-19-20-21-22-23-24-26(6-2)25-29-30(4,27)28-3/h7-8,10-11,13-14,16-17,19-20,22-23,26H,5-6,9,12,15,18,21,24-25H2,1-4H3/b8-7-,11-10-,14-13-,17-16-,20-19-,23-22-. The van der Waals surface area contributed by atoms with Crippen molar-refractivity contribution < 1.29 is 13.6 Å². The zero-order chi connectivity index (χ0) is 22.3. The van der Waals surface area contributed by atoms with Crippen molar-refractivity contribution in [3.63, 3.8) is 0 Å². The minimum atomic E-state index is -2.87. The highest BCUT2D eigenvalue weighted by atomic mass is 31.2. The molecule has 0 aromatic rings. The molecule has 170 valence electrons. The van der Waals surface area contributed by atoms with E-state index in [2.05, 4.69) is 86.8 Å². The second kappa shape index (κ2) is 20.8. The van der Waals surface area contributed by atoms with Gasteiger partial charge in [0.15, 0.2) is 0 Å². The van der Waals surface area contributed by atoms with Gasteiger partial charge in [-0.25, -0.2) is 0 Å². The average molecular weight is 435 g/mol. The van der Waals surface area contributed by atoms with Gasteiger partial charge in [-0.1, -0.05) is 93.2 Å². The van der Waals surface area contributed by atoms with E-state index in [0.717, 1.165) is 51.4 Å². The summed E-state index contributed by atoms with van der Waals surface area (Å²) in [6, 6.07) is 0. The van der Waals surface area contributed by atoms with Crippen LogP contribution in [0.15, 0.2) is 72.9 Å². The Labute approximate surface area is 185 Å². The Morgan fingerprint density at radius 2 is 1.10 bits per heavy atom. The molecule has 0 saturated carbocycles. The molecule has 0 radical (unpaired) electrons. The van der Waals surface area contributed by atoms with Crippen LogP contribution in [-0.2, 0) is 13.6 Å². The van der Waals surface area contributed by atoms with Crippen molar-refractivity contribution in [1.29, 1.82) is 0 Å². The number of allylic oxidation sites excluding steroid dienone is 12. The van der Waals surface area contributed by atoms with Crippen LogP contribution in [0.4, 0.5) is 0 Å². The summed E-state index contributed by atoms with van der Waals surface area (Å²) in [6.07, 6.45) is 34.4. The van der Waals surface area contributed by atoms with E-state index in [1.54, 1.807) is 0 Å². The molecule has 3 nitrogen and oxygen atoms in total. The first kappa shape index (κ1) is 28.6. The van der Waals surface area contributed by atoms with E-state index in [9.17, 15) is 4.57 Å². The molecule has 0 spiro atoms. The van der Waals surface area contributed by atoms with Gasteiger partial charge in [0.1, 0.15) is 0 Å². The van der Waals surface area contributed by atoms with E-state index in [1.165, 1.54) is 13.8 Å². The summed E-state index contributed by atoms with van der Waals surface area (Å²) in [7, 11) is -1.45. The molecule has 0 aliphatic heterocycles. The molecule has 0 aromatic heterocycles. The Morgan fingerprint density at radius 3 is 1.47 bits per heavy atom. The highest BCUT2D eigenvalue weighted by Gasteiger charge is 2.16. The van der Waals surface area contributed by atoms with E-state index >= 15 is 0 Å². The molecule has 0 aliphatic carbocycles. The largest absolute Gasteiger partial charge is 0.327 e. The summed E-state index contributed by atoms with van der Waals surface area (Å²) >= 11 is 0.